The first-order chi connectivity index (χ1) is 7.22. The van der Waals surface area contributed by atoms with Crippen molar-refractivity contribution in [3.63, 3.8) is 0 Å². The first-order valence-electron chi connectivity index (χ1n) is 6.28. The predicted octanol–water partition coefficient (Wildman–Crippen LogP) is 0.884. The molecule has 3 fully saturated rings. The molecule has 0 spiro atoms. The van der Waals surface area contributed by atoms with Crippen LogP contribution >= 0.6 is 0 Å². The quantitative estimate of drug-likeness (QED) is 0.723. The topological polar surface area (TPSA) is 55.1 Å². The highest BCUT2D eigenvalue weighted by atomic mass is 16.2. The van der Waals surface area contributed by atoms with Crippen LogP contribution in [-0.2, 0) is 4.79 Å². The average Bonchev–Trinajstić information content (AvgIpc) is 2.66. The molecule has 1 amide bonds. The molecule has 3 N–H and O–H groups in total. The maximum absolute atomic E-state index is 11.7. The van der Waals surface area contributed by atoms with Gasteiger partial charge in [-0.1, -0.05) is 6.92 Å². The monoisotopic (exact) mass is 208 g/mol. The van der Waals surface area contributed by atoms with Gasteiger partial charge < -0.3 is 11.1 Å². The minimum atomic E-state index is -0.302. The largest absolute Gasteiger partial charge is 0.351 e. The van der Waals surface area contributed by atoms with Crippen LogP contribution in [0.2, 0.25) is 0 Å². The van der Waals surface area contributed by atoms with Gasteiger partial charge in [-0.2, -0.15) is 0 Å². The van der Waals surface area contributed by atoms with Gasteiger partial charge in [-0.05, 0) is 49.4 Å². The number of nitrogens with one attached hydrogen (secondary N) is 1. The van der Waals surface area contributed by atoms with E-state index in [2.05, 4.69) is 5.32 Å². The summed E-state index contributed by atoms with van der Waals surface area (Å²) in [4.78, 5) is 11.7. The summed E-state index contributed by atoms with van der Waals surface area (Å²) in [6.45, 7) is 1.96. The van der Waals surface area contributed by atoms with E-state index in [4.69, 9.17) is 5.73 Å². The lowest BCUT2D eigenvalue weighted by Gasteiger charge is -2.13. The van der Waals surface area contributed by atoms with Crippen LogP contribution < -0.4 is 11.1 Å². The summed E-state index contributed by atoms with van der Waals surface area (Å²) < 4.78 is 0. The van der Waals surface area contributed by atoms with Crippen LogP contribution in [0.15, 0.2) is 0 Å². The van der Waals surface area contributed by atoms with Crippen LogP contribution in [0.25, 0.3) is 0 Å². The molecule has 0 aromatic carbocycles. The summed E-state index contributed by atoms with van der Waals surface area (Å²) >= 11 is 0. The van der Waals surface area contributed by atoms with Crippen LogP contribution in [-0.4, -0.2) is 18.0 Å². The normalized spacial score (nSPS) is 47.5. The molecule has 0 aromatic rings. The van der Waals surface area contributed by atoms with Crippen molar-refractivity contribution in [1.82, 2.24) is 5.32 Å². The molecule has 5 atom stereocenters. The highest BCUT2D eigenvalue weighted by molar-refractivity contribution is 5.82. The van der Waals surface area contributed by atoms with E-state index >= 15 is 0 Å². The number of nitrogens with two attached hydrogens (primary N) is 1. The number of carbonyl (C=O) groups excluding carboxylic acids is 1. The molecule has 4 unspecified atom stereocenters. The van der Waals surface area contributed by atoms with Crippen molar-refractivity contribution in [2.24, 2.45) is 29.4 Å². The predicted molar refractivity (Wildman–Crippen MR) is 58.0 cm³/mol. The van der Waals surface area contributed by atoms with Gasteiger partial charge in [0.25, 0.3) is 0 Å². The van der Waals surface area contributed by atoms with Crippen LogP contribution in [0, 0.1) is 23.7 Å². The SMILES string of the molecule is CC[C@H](N)C(=O)NC1C2C3CCC(C3)C12. The molecule has 3 aliphatic carbocycles. The molecular weight excluding hydrogens is 188 g/mol. The Morgan fingerprint density at radius 1 is 1.40 bits per heavy atom. The lowest BCUT2D eigenvalue weighted by atomic mass is 10.0. The highest BCUT2D eigenvalue weighted by Crippen LogP contribution is 2.65. The second-order valence-corrected chi connectivity index (χ2v) is 5.54. The van der Waals surface area contributed by atoms with Gasteiger partial charge in [0.2, 0.25) is 5.91 Å². The molecule has 3 saturated carbocycles. The van der Waals surface area contributed by atoms with Crippen LogP contribution in [0.3, 0.4) is 0 Å². The zero-order valence-corrected chi connectivity index (χ0v) is 9.28. The van der Waals surface area contributed by atoms with Crippen LogP contribution in [0.4, 0.5) is 0 Å². The second-order valence-electron chi connectivity index (χ2n) is 5.54. The summed E-state index contributed by atoms with van der Waals surface area (Å²) in [6.07, 6.45) is 4.97. The minimum Gasteiger partial charge on any atom is -0.351 e. The van der Waals surface area contributed by atoms with Crippen molar-refractivity contribution in [2.75, 3.05) is 0 Å². The Kier molecular flexibility index (Phi) is 2.06. The van der Waals surface area contributed by atoms with Crippen molar-refractivity contribution in [3.8, 4) is 0 Å². The smallest absolute Gasteiger partial charge is 0.237 e. The first-order valence-corrected chi connectivity index (χ1v) is 6.28. The Labute approximate surface area is 90.8 Å². The molecule has 15 heavy (non-hydrogen) atoms. The van der Waals surface area contributed by atoms with E-state index < -0.39 is 0 Å². The fourth-order valence-electron chi connectivity index (χ4n) is 3.98. The third-order valence-corrected chi connectivity index (χ3v) is 4.82. The van der Waals surface area contributed by atoms with Crippen molar-refractivity contribution < 1.29 is 4.79 Å². The number of hydrogen-bond donors (Lipinski definition) is 2. The number of rotatable bonds is 3. The second kappa shape index (κ2) is 3.21. The van der Waals surface area contributed by atoms with E-state index in [9.17, 15) is 4.79 Å². The maximum Gasteiger partial charge on any atom is 0.237 e. The Hall–Kier alpha value is -0.570. The standard InChI is InChI=1S/C12H20N2O/c1-2-8(13)12(15)14-11-9-6-3-4-7(5-6)10(9)11/h6-11H,2-5,13H2,1H3,(H,14,15)/t6?,7?,8-,9?,10?,11?/m0/s1. The van der Waals surface area contributed by atoms with Gasteiger partial charge in [-0.3, -0.25) is 4.79 Å². The third kappa shape index (κ3) is 1.32. The van der Waals surface area contributed by atoms with Gasteiger partial charge in [0.15, 0.2) is 0 Å². The molecule has 0 aromatic heterocycles. The number of amides is 1. The van der Waals surface area contributed by atoms with Gasteiger partial charge in [-0.25, -0.2) is 0 Å². The van der Waals surface area contributed by atoms with Gasteiger partial charge >= 0.3 is 0 Å². The Morgan fingerprint density at radius 3 is 2.53 bits per heavy atom. The Bertz CT molecular complexity index is 275. The number of fused-ring (bicyclic) bond motifs is 5. The summed E-state index contributed by atoms with van der Waals surface area (Å²) in [5.41, 5.74) is 5.72. The lowest BCUT2D eigenvalue weighted by molar-refractivity contribution is -0.122. The van der Waals surface area contributed by atoms with E-state index in [0.29, 0.717) is 6.04 Å². The van der Waals surface area contributed by atoms with Gasteiger partial charge in [0.1, 0.15) is 0 Å². The number of carbonyl (C=O) groups is 1. The van der Waals surface area contributed by atoms with Crippen molar-refractivity contribution in [2.45, 2.75) is 44.7 Å². The third-order valence-electron chi connectivity index (χ3n) is 4.82. The molecule has 3 heteroatoms. The summed E-state index contributed by atoms with van der Waals surface area (Å²) in [5.74, 6) is 3.54. The van der Waals surface area contributed by atoms with Crippen LogP contribution in [0.1, 0.15) is 32.6 Å². The van der Waals surface area contributed by atoms with E-state index in [1.807, 2.05) is 6.92 Å². The Balaban J connectivity index is 1.57. The average molecular weight is 208 g/mol. The number of hydrogen-bond acceptors (Lipinski definition) is 2. The molecule has 2 bridgehead atoms. The van der Waals surface area contributed by atoms with Gasteiger partial charge in [0.05, 0.1) is 6.04 Å². The molecule has 0 aliphatic heterocycles. The molecular formula is C12H20N2O. The summed E-state index contributed by atoms with van der Waals surface area (Å²) in [6, 6.07) is 0.185. The molecule has 3 aliphatic rings. The van der Waals surface area contributed by atoms with Crippen molar-refractivity contribution in [3.05, 3.63) is 0 Å². The van der Waals surface area contributed by atoms with Crippen LogP contribution in [0.5, 0.6) is 0 Å². The van der Waals surface area contributed by atoms with Gasteiger partial charge in [-0.15, -0.1) is 0 Å². The van der Waals surface area contributed by atoms with E-state index in [0.717, 1.165) is 30.1 Å². The lowest BCUT2D eigenvalue weighted by Crippen LogP contribution is -2.42. The maximum atomic E-state index is 11.7. The Morgan fingerprint density at radius 2 is 2.00 bits per heavy atom. The van der Waals surface area contributed by atoms with Gasteiger partial charge in [0, 0.05) is 6.04 Å². The highest BCUT2D eigenvalue weighted by Gasteiger charge is 2.65. The molecule has 0 heterocycles. The minimum absolute atomic E-state index is 0.0660. The summed E-state index contributed by atoms with van der Waals surface area (Å²) in [7, 11) is 0. The molecule has 84 valence electrons. The first kappa shape index (κ1) is 9.64. The zero-order chi connectivity index (χ0) is 10.6. The molecule has 0 saturated heterocycles. The molecule has 3 rings (SSSR count). The van der Waals surface area contributed by atoms with E-state index in [1.54, 1.807) is 0 Å². The molecule has 0 radical (unpaired) electrons. The molecule has 3 nitrogen and oxygen atoms in total. The summed E-state index contributed by atoms with van der Waals surface area (Å²) in [5, 5.41) is 3.14. The fraction of sp³-hybridized carbons (Fsp3) is 0.917. The zero-order valence-electron chi connectivity index (χ0n) is 9.28. The van der Waals surface area contributed by atoms with Crippen molar-refractivity contribution >= 4 is 5.91 Å². The van der Waals surface area contributed by atoms with E-state index in [-0.39, 0.29) is 11.9 Å². The fourth-order valence-corrected chi connectivity index (χ4v) is 3.98. The van der Waals surface area contributed by atoms with Crippen molar-refractivity contribution in [1.29, 1.82) is 0 Å². The van der Waals surface area contributed by atoms with E-state index in [1.165, 1.54) is 19.3 Å².